The van der Waals surface area contributed by atoms with Gasteiger partial charge in [-0.2, -0.15) is 0 Å². The second-order valence-electron chi connectivity index (χ2n) is 5.82. The van der Waals surface area contributed by atoms with Gasteiger partial charge in [0.25, 0.3) is 0 Å². The zero-order chi connectivity index (χ0) is 13.0. The summed E-state index contributed by atoms with van der Waals surface area (Å²) in [6.45, 7) is 5.26. The van der Waals surface area contributed by atoms with Crippen LogP contribution < -0.4 is 11.1 Å². The van der Waals surface area contributed by atoms with Gasteiger partial charge in [0.05, 0.1) is 6.04 Å². The first-order valence-electron chi connectivity index (χ1n) is 7.46. The minimum atomic E-state index is -0.171. The van der Waals surface area contributed by atoms with E-state index in [1.54, 1.807) is 0 Å². The summed E-state index contributed by atoms with van der Waals surface area (Å²) in [6.07, 6.45) is 7.53. The van der Waals surface area contributed by atoms with Gasteiger partial charge in [0.1, 0.15) is 0 Å². The quantitative estimate of drug-likeness (QED) is 0.792. The lowest BCUT2D eigenvalue weighted by Crippen LogP contribution is -2.52. The zero-order valence-corrected chi connectivity index (χ0v) is 11.5. The van der Waals surface area contributed by atoms with Crippen LogP contribution in [0.15, 0.2) is 0 Å². The molecule has 2 aliphatic heterocycles. The number of nitrogens with two attached hydrogens (primary N) is 1. The van der Waals surface area contributed by atoms with Crippen LogP contribution in [-0.2, 0) is 4.79 Å². The van der Waals surface area contributed by atoms with E-state index < -0.39 is 0 Å². The highest BCUT2D eigenvalue weighted by Crippen LogP contribution is 2.29. The first kappa shape index (κ1) is 13.8. The van der Waals surface area contributed by atoms with Gasteiger partial charge in [-0.3, -0.25) is 9.69 Å². The molecule has 0 aromatic heterocycles. The van der Waals surface area contributed by atoms with Crippen molar-refractivity contribution in [3.8, 4) is 0 Å². The van der Waals surface area contributed by atoms with Crippen LogP contribution in [0, 0.1) is 5.92 Å². The monoisotopic (exact) mass is 253 g/mol. The standard InChI is InChI=1S/C14H27N3O/c1-11(14(15)18)17-10-4-2-3-5-13(17)12-6-8-16-9-7-12/h11-13,16H,2-10H2,1H3,(H2,15,18). The summed E-state index contributed by atoms with van der Waals surface area (Å²) in [5, 5.41) is 3.43. The van der Waals surface area contributed by atoms with E-state index in [1.807, 2.05) is 6.92 Å². The van der Waals surface area contributed by atoms with E-state index in [1.165, 1.54) is 38.5 Å². The molecule has 0 aliphatic carbocycles. The SMILES string of the molecule is CC(C(N)=O)N1CCCCCC1C1CCNCC1. The average molecular weight is 253 g/mol. The molecule has 1 amide bonds. The summed E-state index contributed by atoms with van der Waals surface area (Å²) in [5.74, 6) is 0.571. The normalized spacial score (nSPS) is 29.7. The Morgan fingerprint density at radius 1 is 1.22 bits per heavy atom. The van der Waals surface area contributed by atoms with Crippen molar-refractivity contribution in [3.05, 3.63) is 0 Å². The topological polar surface area (TPSA) is 58.4 Å². The van der Waals surface area contributed by atoms with Gasteiger partial charge in [0, 0.05) is 6.04 Å². The second-order valence-corrected chi connectivity index (χ2v) is 5.82. The molecule has 0 bridgehead atoms. The summed E-state index contributed by atoms with van der Waals surface area (Å²) >= 11 is 0. The summed E-state index contributed by atoms with van der Waals surface area (Å²) in [7, 11) is 0. The summed E-state index contributed by atoms with van der Waals surface area (Å²) in [6, 6.07) is 0.458. The average Bonchev–Trinajstić information content (AvgIpc) is 2.64. The maximum atomic E-state index is 11.5. The highest BCUT2D eigenvalue weighted by molar-refractivity contribution is 5.79. The van der Waals surface area contributed by atoms with Crippen molar-refractivity contribution in [1.82, 2.24) is 10.2 Å². The summed E-state index contributed by atoms with van der Waals surface area (Å²) in [4.78, 5) is 13.9. The van der Waals surface area contributed by atoms with E-state index in [0.717, 1.165) is 25.6 Å². The van der Waals surface area contributed by atoms with E-state index >= 15 is 0 Å². The van der Waals surface area contributed by atoms with Crippen LogP contribution in [-0.4, -0.2) is 42.5 Å². The number of carbonyl (C=O) groups excluding carboxylic acids is 1. The largest absolute Gasteiger partial charge is 0.368 e. The molecule has 2 saturated heterocycles. The van der Waals surface area contributed by atoms with Crippen molar-refractivity contribution in [2.45, 2.75) is 57.5 Å². The highest BCUT2D eigenvalue weighted by Gasteiger charge is 2.33. The predicted molar refractivity (Wildman–Crippen MR) is 73.2 cm³/mol. The predicted octanol–water partition coefficient (Wildman–Crippen LogP) is 1.10. The van der Waals surface area contributed by atoms with Crippen molar-refractivity contribution in [2.24, 2.45) is 11.7 Å². The van der Waals surface area contributed by atoms with Gasteiger partial charge in [-0.1, -0.05) is 12.8 Å². The van der Waals surface area contributed by atoms with Gasteiger partial charge in [0.15, 0.2) is 0 Å². The molecule has 4 heteroatoms. The van der Waals surface area contributed by atoms with Crippen molar-refractivity contribution in [2.75, 3.05) is 19.6 Å². The molecule has 4 nitrogen and oxygen atoms in total. The third-order valence-electron chi connectivity index (χ3n) is 4.68. The number of hydrogen-bond donors (Lipinski definition) is 2. The second kappa shape index (κ2) is 6.53. The number of primary amides is 1. The molecular formula is C14H27N3O. The number of nitrogens with one attached hydrogen (secondary N) is 1. The van der Waals surface area contributed by atoms with Gasteiger partial charge in [0.2, 0.25) is 5.91 Å². The molecule has 0 aromatic rings. The number of hydrogen-bond acceptors (Lipinski definition) is 3. The molecule has 0 radical (unpaired) electrons. The number of rotatable bonds is 3. The molecule has 104 valence electrons. The van der Waals surface area contributed by atoms with Gasteiger partial charge < -0.3 is 11.1 Å². The molecule has 2 rings (SSSR count). The summed E-state index contributed by atoms with van der Waals surface area (Å²) < 4.78 is 0. The molecule has 2 aliphatic rings. The Morgan fingerprint density at radius 3 is 2.61 bits per heavy atom. The van der Waals surface area contributed by atoms with Gasteiger partial charge in [-0.15, -0.1) is 0 Å². The Kier molecular flexibility index (Phi) is 5.01. The maximum absolute atomic E-state index is 11.5. The number of amides is 1. The van der Waals surface area contributed by atoms with E-state index in [4.69, 9.17) is 5.73 Å². The fourth-order valence-corrected chi connectivity index (χ4v) is 3.54. The van der Waals surface area contributed by atoms with Gasteiger partial charge in [-0.25, -0.2) is 0 Å². The fraction of sp³-hybridized carbons (Fsp3) is 0.929. The Morgan fingerprint density at radius 2 is 1.94 bits per heavy atom. The molecule has 2 unspecified atom stereocenters. The zero-order valence-electron chi connectivity index (χ0n) is 11.5. The highest BCUT2D eigenvalue weighted by atomic mass is 16.1. The van der Waals surface area contributed by atoms with Crippen LogP contribution >= 0.6 is 0 Å². The molecule has 3 N–H and O–H groups in total. The minimum Gasteiger partial charge on any atom is -0.368 e. The Labute approximate surface area is 110 Å². The molecule has 18 heavy (non-hydrogen) atoms. The van der Waals surface area contributed by atoms with Crippen LogP contribution in [0.4, 0.5) is 0 Å². The van der Waals surface area contributed by atoms with Crippen LogP contribution in [0.25, 0.3) is 0 Å². The van der Waals surface area contributed by atoms with Crippen molar-refractivity contribution >= 4 is 5.91 Å². The van der Waals surface area contributed by atoms with Crippen molar-refractivity contribution < 1.29 is 4.79 Å². The van der Waals surface area contributed by atoms with Crippen molar-refractivity contribution in [3.63, 3.8) is 0 Å². The molecule has 0 aromatic carbocycles. The Hall–Kier alpha value is -0.610. The minimum absolute atomic E-state index is 0.108. The Balaban J connectivity index is 2.07. The van der Waals surface area contributed by atoms with Crippen LogP contribution in [0.5, 0.6) is 0 Å². The van der Waals surface area contributed by atoms with Gasteiger partial charge >= 0.3 is 0 Å². The van der Waals surface area contributed by atoms with E-state index in [9.17, 15) is 4.79 Å². The molecule has 0 spiro atoms. The molecule has 2 atom stereocenters. The van der Waals surface area contributed by atoms with E-state index in [0.29, 0.717) is 6.04 Å². The van der Waals surface area contributed by atoms with E-state index in [-0.39, 0.29) is 11.9 Å². The lowest BCUT2D eigenvalue weighted by atomic mass is 9.86. The number of likely N-dealkylation sites (tertiary alicyclic amines) is 1. The van der Waals surface area contributed by atoms with E-state index in [2.05, 4.69) is 10.2 Å². The number of piperidine rings is 1. The number of nitrogens with zero attached hydrogens (tertiary/aromatic N) is 1. The van der Waals surface area contributed by atoms with Crippen LogP contribution in [0.2, 0.25) is 0 Å². The smallest absolute Gasteiger partial charge is 0.234 e. The van der Waals surface area contributed by atoms with Crippen molar-refractivity contribution in [1.29, 1.82) is 0 Å². The molecule has 2 heterocycles. The lowest BCUT2D eigenvalue weighted by Gasteiger charge is -2.40. The van der Waals surface area contributed by atoms with Crippen LogP contribution in [0.1, 0.15) is 45.4 Å². The van der Waals surface area contributed by atoms with Gasteiger partial charge in [-0.05, 0) is 58.2 Å². The van der Waals surface area contributed by atoms with Crippen LogP contribution in [0.3, 0.4) is 0 Å². The summed E-state index contributed by atoms with van der Waals surface area (Å²) in [5.41, 5.74) is 5.52. The molecular weight excluding hydrogens is 226 g/mol. The number of carbonyl (C=O) groups is 1. The third kappa shape index (κ3) is 3.23. The Bertz CT molecular complexity index is 276. The maximum Gasteiger partial charge on any atom is 0.234 e. The first-order chi connectivity index (χ1) is 8.70. The fourth-order valence-electron chi connectivity index (χ4n) is 3.54. The lowest BCUT2D eigenvalue weighted by molar-refractivity contribution is -0.124. The third-order valence-corrected chi connectivity index (χ3v) is 4.68. The molecule has 0 saturated carbocycles. The molecule has 2 fully saturated rings. The first-order valence-corrected chi connectivity index (χ1v) is 7.46.